The van der Waals surface area contributed by atoms with Crippen LogP contribution in [-0.2, 0) is 14.8 Å². The molecule has 10 heteroatoms. The molecule has 1 aromatic heterocycles. The molecule has 1 fully saturated rings. The summed E-state index contributed by atoms with van der Waals surface area (Å²) in [6.07, 6.45) is 0. The Morgan fingerprint density at radius 2 is 1.87 bits per heavy atom. The van der Waals surface area contributed by atoms with Crippen LogP contribution in [0.3, 0.4) is 0 Å². The Hall–Kier alpha value is -1.91. The zero-order chi connectivity index (χ0) is 17.2. The summed E-state index contributed by atoms with van der Waals surface area (Å²) in [5, 5.41) is -0.332. The van der Waals surface area contributed by atoms with Crippen LogP contribution in [0.15, 0.2) is 21.6 Å². The van der Waals surface area contributed by atoms with E-state index in [1.807, 2.05) is 0 Å². The van der Waals surface area contributed by atoms with E-state index in [2.05, 4.69) is 0 Å². The molecule has 128 valence electrons. The van der Waals surface area contributed by atoms with Gasteiger partial charge in [0.15, 0.2) is 5.76 Å². The zero-order valence-electron chi connectivity index (χ0n) is 12.8. The second-order valence-corrected chi connectivity index (χ2v) is 7.22. The lowest BCUT2D eigenvalue weighted by Crippen LogP contribution is -2.52. The van der Waals surface area contributed by atoms with Crippen LogP contribution in [0.5, 0.6) is 0 Å². The fraction of sp³-hybridized carbons (Fsp3) is 0.538. The summed E-state index contributed by atoms with van der Waals surface area (Å²) in [6, 6.07) is 2.42. The second kappa shape index (κ2) is 6.69. The highest BCUT2D eigenvalue weighted by Crippen LogP contribution is 2.20. The Bertz CT molecular complexity index is 691. The average Bonchev–Trinajstić information content (AvgIpc) is 3.04. The van der Waals surface area contributed by atoms with E-state index in [0.29, 0.717) is 0 Å². The van der Waals surface area contributed by atoms with Gasteiger partial charge in [-0.3, -0.25) is 9.59 Å². The minimum absolute atomic E-state index is 0.0847. The number of amides is 2. The van der Waals surface area contributed by atoms with E-state index < -0.39 is 15.9 Å². The summed E-state index contributed by atoms with van der Waals surface area (Å²) in [7, 11) is -3.85. The molecular weight excluding hydrogens is 324 g/mol. The van der Waals surface area contributed by atoms with Crippen molar-refractivity contribution >= 4 is 21.8 Å². The predicted octanol–water partition coefficient (Wildman–Crippen LogP) is -1.19. The summed E-state index contributed by atoms with van der Waals surface area (Å²) in [6.45, 7) is 2.85. The second-order valence-electron chi connectivity index (χ2n) is 5.35. The molecule has 4 N–H and O–H groups in total. The minimum atomic E-state index is -3.85. The molecule has 9 nitrogen and oxygen atoms in total. The Morgan fingerprint density at radius 1 is 1.26 bits per heavy atom. The molecule has 2 heterocycles. The Morgan fingerprint density at radius 3 is 2.35 bits per heavy atom. The zero-order valence-corrected chi connectivity index (χ0v) is 13.6. The van der Waals surface area contributed by atoms with Crippen molar-refractivity contribution in [2.24, 2.45) is 17.4 Å². The third-order valence-electron chi connectivity index (χ3n) is 3.74. The van der Waals surface area contributed by atoms with Crippen molar-refractivity contribution in [1.29, 1.82) is 0 Å². The molecule has 2 rings (SSSR count). The van der Waals surface area contributed by atoms with E-state index in [1.54, 1.807) is 11.8 Å². The first-order chi connectivity index (χ1) is 10.8. The van der Waals surface area contributed by atoms with Crippen LogP contribution in [0.4, 0.5) is 0 Å². The van der Waals surface area contributed by atoms with Crippen molar-refractivity contribution < 1.29 is 22.4 Å². The topological polar surface area (TPSA) is 140 Å². The SMILES string of the molecule is CC(CN)C(=O)N1CCN(S(=O)(=O)c2ccc(C(N)=O)o2)CC1. The van der Waals surface area contributed by atoms with Gasteiger partial charge in [0, 0.05) is 38.6 Å². The van der Waals surface area contributed by atoms with Crippen LogP contribution in [0.1, 0.15) is 17.5 Å². The lowest BCUT2D eigenvalue weighted by molar-refractivity contribution is -0.135. The maximum atomic E-state index is 12.4. The highest BCUT2D eigenvalue weighted by molar-refractivity contribution is 7.89. The van der Waals surface area contributed by atoms with Crippen molar-refractivity contribution in [3.63, 3.8) is 0 Å². The fourth-order valence-corrected chi connectivity index (χ4v) is 3.61. The third-order valence-corrected chi connectivity index (χ3v) is 5.52. The van der Waals surface area contributed by atoms with E-state index in [-0.39, 0.29) is 55.4 Å². The molecule has 1 saturated heterocycles. The Balaban J connectivity index is 2.06. The lowest BCUT2D eigenvalue weighted by Gasteiger charge is -2.34. The third kappa shape index (κ3) is 3.54. The molecule has 0 spiro atoms. The molecule has 1 atom stereocenters. The maximum Gasteiger partial charge on any atom is 0.284 e. The highest BCUT2D eigenvalue weighted by Gasteiger charge is 2.33. The standard InChI is InChI=1S/C13H20N4O5S/c1-9(8-14)13(19)16-4-6-17(7-5-16)23(20,21)11-3-2-10(22-11)12(15)18/h2-3,9H,4-8,14H2,1H3,(H2,15,18). The van der Waals surface area contributed by atoms with Gasteiger partial charge in [0.2, 0.25) is 11.0 Å². The number of nitrogens with zero attached hydrogens (tertiary/aromatic N) is 2. The van der Waals surface area contributed by atoms with Gasteiger partial charge >= 0.3 is 0 Å². The van der Waals surface area contributed by atoms with E-state index in [0.717, 1.165) is 0 Å². The van der Waals surface area contributed by atoms with Crippen molar-refractivity contribution in [2.75, 3.05) is 32.7 Å². The summed E-state index contributed by atoms with van der Waals surface area (Å²) in [4.78, 5) is 24.6. The molecule has 0 saturated carbocycles. The first-order valence-corrected chi connectivity index (χ1v) is 8.60. The van der Waals surface area contributed by atoms with Crippen molar-refractivity contribution in [1.82, 2.24) is 9.21 Å². The monoisotopic (exact) mass is 344 g/mol. The molecule has 23 heavy (non-hydrogen) atoms. The number of furan rings is 1. The summed E-state index contributed by atoms with van der Waals surface area (Å²) >= 11 is 0. The number of sulfonamides is 1. The smallest absolute Gasteiger partial charge is 0.284 e. The number of piperazine rings is 1. The van der Waals surface area contributed by atoms with E-state index in [1.165, 1.54) is 16.4 Å². The summed E-state index contributed by atoms with van der Waals surface area (Å²) in [5.41, 5.74) is 10.5. The van der Waals surface area contributed by atoms with Crippen LogP contribution in [0.2, 0.25) is 0 Å². The molecule has 1 aliphatic rings. The van der Waals surface area contributed by atoms with Gasteiger partial charge in [-0.05, 0) is 12.1 Å². The quantitative estimate of drug-likeness (QED) is 0.688. The van der Waals surface area contributed by atoms with Gasteiger partial charge in [-0.25, -0.2) is 8.42 Å². The summed E-state index contributed by atoms with van der Waals surface area (Å²) < 4.78 is 31.1. The van der Waals surface area contributed by atoms with Gasteiger partial charge in [0.1, 0.15) is 0 Å². The van der Waals surface area contributed by atoms with Gasteiger partial charge in [0.25, 0.3) is 15.9 Å². The van der Waals surface area contributed by atoms with Crippen LogP contribution in [-0.4, -0.2) is 62.2 Å². The molecule has 1 unspecified atom stereocenters. The molecule has 2 amide bonds. The number of hydrogen-bond acceptors (Lipinski definition) is 6. The molecule has 0 aromatic carbocycles. The van der Waals surface area contributed by atoms with Gasteiger partial charge in [-0.1, -0.05) is 6.92 Å². The number of rotatable bonds is 5. The van der Waals surface area contributed by atoms with Crippen LogP contribution >= 0.6 is 0 Å². The largest absolute Gasteiger partial charge is 0.438 e. The van der Waals surface area contributed by atoms with Crippen molar-refractivity contribution in [3.05, 3.63) is 17.9 Å². The Labute approximate surface area is 134 Å². The molecule has 1 aliphatic heterocycles. The van der Waals surface area contributed by atoms with Crippen LogP contribution in [0.25, 0.3) is 0 Å². The van der Waals surface area contributed by atoms with Crippen LogP contribution < -0.4 is 11.5 Å². The molecule has 0 bridgehead atoms. The van der Waals surface area contributed by atoms with Gasteiger partial charge in [-0.2, -0.15) is 4.31 Å². The minimum Gasteiger partial charge on any atom is -0.438 e. The fourth-order valence-electron chi connectivity index (χ4n) is 2.28. The lowest BCUT2D eigenvalue weighted by atomic mass is 10.1. The van der Waals surface area contributed by atoms with E-state index in [9.17, 15) is 18.0 Å². The number of carbonyl (C=O) groups excluding carboxylic acids is 2. The molecule has 0 radical (unpaired) electrons. The normalized spacial score (nSPS) is 17.9. The molecular formula is C13H20N4O5S. The highest BCUT2D eigenvalue weighted by atomic mass is 32.2. The molecule has 1 aromatic rings. The van der Waals surface area contributed by atoms with Gasteiger partial charge in [-0.15, -0.1) is 0 Å². The molecule has 0 aliphatic carbocycles. The van der Waals surface area contributed by atoms with Gasteiger partial charge < -0.3 is 20.8 Å². The van der Waals surface area contributed by atoms with Gasteiger partial charge in [0.05, 0.1) is 0 Å². The average molecular weight is 344 g/mol. The predicted molar refractivity (Wildman–Crippen MR) is 80.8 cm³/mol. The maximum absolute atomic E-state index is 12.4. The summed E-state index contributed by atoms with van der Waals surface area (Å²) in [5.74, 6) is -1.42. The van der Waals surface area contributed by atoms with E-state index in [4.69, 9.17) is 15.9 Å². The van der Waals surface area contributed by atoms with Crippen molar-refractivity contribution in [3.8, 4) is 0 Å². The Kier molecular flexibility index (Phi) is 5.07. The number of primary amides is 1. The number of nitrogens with two attached hydrogens (primary N) is 2. The first-order valence-electron chi connectivity index (χ1n) is 7.16. The van der Waals surface area contributed by atoms with Crippen molar-refractivity contribution in [2.45, 2.75) is 12.0 Å². The number of carbonyl (C=O) groups is 2. The van der Waals surface area contributed by atoms with E-state index >= 15 is 0 Å². The first kappa shape index (κ1) is 17.4. The van der Waals surface area contributed by atoms with Crippen LogP contribution in [0, 0.1) is 5.92 Å². The number of hydrogen-bond donors (Lipinski definition) is 2.